The Morgan fingerprint density at radius 1 is 1.33 bits per heavy atom. The second-order valence-corrected chi connectivity index (χ2v) is 3.02. The molecule has 0 nitrogen and oxygen atoms in total. The summed E-state index contributed by atoms with van der Waals surface area (Å²) in [7, 11) is 0. The first-order chi connectivity index (χ1) is 5.81. The molecule has 1 unspecified atom stereocenters. The van der Waals surface area contributed by atoms with E-state index in [4.69, 9.17) is 6.42 Å². The van der Waals surface area contributed by atoms with Gasteiger partial charge >= 0.3 is 0 Å². The third-order valence-corrected chi connectivity index (χ3v) is 1.60. The second-order valence-electron chi connectivity index (χ2n) is 3.02. The van der Waals surface area contributed by atoms with E-state index in [-0.39, 0.29) is 0 Å². The van der Waals surface area contributed by atoms with Crippen LogP contribution in [0.2, 0.25) is 0 Å². The lowest BCUT2D eigenvalue weighted by Crippen LogP contribution is -1.89. The van der Waals surface area contributed by atoms with Gasteiger partial charge in [-0.3, -0.25) is 0 Å². The highest BCUT2D eigenvalue weighted by Crippen LogP contribution is 2.04. The topological polar surface area (TPSA) is 0 Å². The molecule has 0 saturated heterocycles. The lowest BCUT2D eigenvalue weighted by Gasteiger charge is -1.99. The number of rotatable bonds is 4. The predicted molar refractivity (Wildman–Crippen MR) is 54.2 cm³/mol. The smallest absolute Gasteiger partial charge is 0.0123 e. The molecular formula is C12H17. The van der Waals surface area contributed by atoms with Gasteiger partial charge in [0.1, 0.15) is 0 Å². The first-order valence-electron chi connectivity index (χ1n) is 4.48. The van der Waals surface area contributed by atoms with Gasteiger partial charge in [0.05, 0.1) is 0 Å². The van der Waals surface area contributed by atoms with Crippen molar-refractivity contribution in [3.8, 4) is 24.2 Å². The van der Waals surface area contributed by atoms with Gasteiger partial charge in [-0.25, -0.2) is 0 Å². The minimum atomic E-state index is 0.549. The van der Waals surface area contributed by atoms with E-state index in [0.717, 1.165) is 25.7 Å². The van der Waals surface area contributed by atoms with Crippen molar-refractivity contribution in [3.05, 3.63) is 6.42 Å². The zero-order valence-corrected chi connectivity index (χ0v) is 8.06. The lowest BCUT2D eigenvalue weighted by atomic mass is 10.1. The molecule has 0 aliphatic carbocycles. The molecule has 0 aliphatic rings. The van der Waals surface area contributed by atoms with E-state index in [1.54, 1.807) is 0 Å². The zero-order valence-electron chi connectivity index (χ0n) is 8.06. The highest BCUT2D eigenvalue weighted by molar-refractivity contribution is 5.01. The van der Waals surface area contributed by atoms with Crippen LogP contribution in [0.25, 0.3) is 0 Å². The maximum atomic E-state index is 5.18. The molecule has 0 fully saturated rings. The maximum absolute atomic E-state index is 5.18. The molecule has 0 saturated carbocycles. The molecule has 1 atom stereocenters. The Hall–Kier alpha value is -0.880. The van der Waals surface area contributed by atoms with Gasteiger partial charge in [-0.15, -0.1) is 24.2 Å². The van der Waals surface area contributed by atoms with E-state index in [0.29, 0.717) is 5.92 Å². The summed E-state index contributed by atoms with van der Waals surface area (Å²) in [4.78, 5) is 0. The van der Waals surface area contributed by atoms with Crippen molar-refractivity contribution in [1.29, 1.82) is 0 Å². The quantitative estimate of drug-likeness (QED) is 0.439. The molecule has 0 aromatic carbocycles. The van der Waals surface area contributed by atoms with Crippen LogP contribution in [0.4, 0.5) is 0 Å². The summed E-state index contributed by atoms with van der Waals surface area (Å²) < 4.78 is 0. The van der Waals surface area contributed by atoms with Crippen LogP contribution in [-0.2, 0) is 0 Å². The average Bonchev–Trinajstić information content (AvgIpc) is 2.05. The Labute approximate surface area is 76.8 Å². The largest absolute Gasteiger partial charge is 0.120 e. The molecule has 12 heavy (non-hydrogen) atoms. The molecule has 0 amide bonds. The monoisotopic (exact) mass is 161 g/mol. The Bertz CT molecular complexity index is 184. The SMILES string of the molecule is C#CCC(C)CC#CCC[CH]C. The Kier molecular flexibility index (Phi) is 7.62. The summed E-state index contributed by atoms with van der Waals surface area (Å²) in [5.41, 5.74) is 0. The van der Waals surface area contributed by atoms with E-state index in [1.165, 1.54) is 0 Å². The van der Waals surface area contributed by atoms with Crippen LogP contribution in [0.1, 0.15) is 39.5 Å². The number of hydrogen-bond acceptors (Lipinski definition) is 0. The number of unbranched alkanes of at least 4 members (excludes halogenated alkanes) is 2. The van der Waals surface area contributed by atoms with Gasteiger partial charge in [-0.1, -0.05) is 13.8 Å². The van der Waals surface area contributed by atoms with Gasteiger partial charge in [-0.05, 0) is 18.8 Å². The molecule has 0 rings (SSSR count). The van der Waals surface area contributed by atoms with E-state index in [1.807, 2.05) is 0 Å². The summed E-state index contributed by atoms with van der Waals surface area (Å²) >= 11 is 0. The highest BCUT2D eigenvalue weighted by atomic mass is 14.0. The fourth-order valence-electron chi connectivity index (χ4n) is 0.825. The third kappa shape index (κ3) is 7.23. The Morgan fingerprint density at radius 3 is 2.67 bits per heavy atom. The average molecular weight is 161 g/mol. The molecular weight excluding hydrogens is 144 g/mol. The second kappa shape index (κ2) is 8.22. The highest BCUT2D eigenvalue weighted by Gasteiger charge is 1.94. The zero-order chi connectivity index (χ0) is 9.23. The van der Waals surface area contributed by atoms with Crippen molar-refractivity contribution in [1.82, 2.24) is 0 Å². The number of hydrogen-bond donors (Lipinski definition) is 0. The molecule has 0 bridgehead atoms. The summed E-state index contributed by atoms with van der Waals surface area (Å²) in [6.45, 7) is 4.20. The first-order valence-corrected chi connectivity index (χ1v) is 4.48. The first kappa shape index (κ1) is 11.1. The number of terminal acetylenes is 1. The van der Waals surface area contributed by atoms with E-state index in [9.17, 15) is 0 Å². The van der Waals surface area contributed by atoms with Crippen LogP contribution in [0, 0.1) is 36.5 Å². The predicted octanol–water partition coefficient (Wildman–Crippen LogP) is 3.04. The van der Waals surface area contributed by atoms with Gasteiger partial charge < -0.3 is 0 Å². The van der Waals surface area contributed by atoms with Crippen molar-refractivity contribution < 1.29 is 0 Å². The minimum Gasteiger partial charge on any atom is -0.120 e. The fourth-order valence-corrected chi connectivity index (χ4v) is 0.825. The molecule has 0 spiro atoms. The Morgan fingerprint density at radius 2 is 2.08 bits per heavy atom. The Balaban J connectivity index is 3.37. The molecule has 1 radical (unpaired) electrons. The standard InChI is InChI=1S/C12H17/c1-4-6-7-8-9-11-12(3)10-5-2/h2,4,12H,6-7,10-11H2,1,3H3. The summed E-state index contributed by atoms with van der Waals surface area (Å²) in [6.07, 6.45) is 11.2. The molecule has 0 heteroatoms. The summed E-state index contributed by atoms with van der Waals surface area (Å²) in [6, 6.07) is 0. The van der Waals surface area contributed by atoms with E-state index >= 15 is 0 Å². The van der Waals surface area contributed by atoms with Crippen LogP contribution in [0.3, 0.4) is 0 Å². The van der Waals surface area contributed by atoms with Gasteiger partial charge in [0.25, 0.3) is 0 Å². The maximum Gasteiger partial charge on any atom is 0.0123 e. The van der Waals surface area contributed by atoms with Crippen LogP contribution >= 0.6 is 0 Å². The van der Waals surface area contributed by atoms with Crippen LogP contribution < -0.4 is 0 Å². The minimum absolute atomic E-state index is 0.549. The van der Waals surface area contributed by atoms with Crippen molar-refractivity contribution in [3.63, 3.8) is 0 Å². The van der Waals surface area contributed by atoms with Crippen molar-refractivity contribution >= 4 is 0 Å². The molecule has 0 N–H and O–H groups in total. The molecule has 65 valence electrons. The van der Waals surface area contributed by atoms with Crippen molar-refractivity contribution in [2.45, 2.75) is 39.5 Å². The molecule has 0 heterocycles. The summed E-state index contributed by atoms with van der Waals surface area (Å²) in [5.74, 6) is 9.46. The summed E-state index contributed by atoms with van der Waals surface area (Å²) in [5, 5.41) is 0. The molecule has 0 aromatic heterocycles. The van der Waals surface area contributed by atoms with Crippen LogP contribution in [0.5, 0.6) is 0 Å². The van der Waals surface area contributed by atoms with Gasteiger partial charge in [0, 0.05) is 19.3 Å². The van der Waals surface area contributed by atoms with Gasteiger partial charge in [-0.2, -0.15) is 0 Å². The van der Waals surface area contributed by atoms with Gasteiger partial charge in [0.2, 0.25) is 0 Å². The molecule has 0 aliphatic heterocycles. The lowest BCUT2D eigenvalue weighted by molar-refractivity contribution is 0.623. The van der Waals surface area contributed by atoms with Crippen LogP contribution in [0.15, 0.2) is 0 Å². The van der Waals surface area contributed by atoms with Crippen molar-refractivity contribution in [2.75, 3.05) is 0 Å². The van der Waals surface area contributed by atoms with E-state index in [2.05, 4.69) is 38.0 Å². The van der Waals surface area contributed by atoms with E-state index < -0.39 is 0 Å². The normalized spacial score (nSPS) is 11.1. The third-order valence-electron chi connectivity index (χ3n) is 1.60. The van der Waals surface area contributed by atoms with Gasteiger partial charge in [0.15, 0.2) is 0 Å². The van der Waals surface area contributed by atoms with Crippen molar-refractivity contribution in [2.24, 2.45) is 5.92 Å². The molecule has 0 aromatic rings. The fraction of sp³-hybridized carbons (Fsp3) is 0.583. The van der Waals surface area contributed by atoms with Crippen LogP contribution in [-0.4, -0.2) is 0 Å².